The number of likely N-dealkylation sites (tertiary alicyclic amines) is 1. The van der Waals surface area contributed by atoms with Crippen LogP contribution in [0.15, 0.2) is 55.0 Å². The molecular weight excluding hydrogens is 577 g/mol. The number of carbonyl (C=O) groups is 2. The Labute approximate surface area is 254 Å². The van der Waals surface area contributed by atoms with Gasteiger partial charge in [0.05, 0.1) is 24.1 Å². The largest absolute Gasteiger partial charge is 0.444 e. The number of pyridine rings is 1. The highest BCUT2D eigenvalue weighted by Gasteiger charge is 2.42. The van der Waals surface area contributed by atoms with E-state index in [-0.39, 0.29) is 18.5 Å². The van der Waals surface area contributed by atoms with E-state index < -0.39 is 17.7 Å². The fourth-order valence-corrected chi connectivity index (χ4v) is 5.78. The van der Waals surface area contributed by atoms with Gasteiger partial charge in [-0.25, -0.2) is 9.48 Å². The molecule has 1 N–H and O–H groups in total. The first-order chi connectivity index (χ1) is 19.9. The van der Waals surface area contributed by atoms with Crippen molar-refractivity contribution in [2.45, 2.75) is 65.3 Å². The topological polar surface area (TPSA) is 107 Å². The molecule has 1 aromatic carbocycles. The summed E-state index contributed by atoms with van der Waals surface area (Å²) in [7, 11) is 0. The molecule has 1 fully saturated rings. The lowest BCUT2D eigenvalue weighted by Crippen LogP contribution is -2.47. The monoisotopic (exact) mass is 609 g/mol. The van der Waals surface area contributed by atoms with Crippen LogP contribution in [0.3, 0.4) is 0 Å². The minimum Gasteiger partial charge on any atom is -0.444 e. The minimum atomic E-state index is -0.750. The Balaban J connectivity index is 1.35. The standard InChI is InChI=1S/C30H33Cl2N7O3/c1-18-9-21(19(2)39(18)24-7-6-8-33-15-24)14-34-28(40)27-13-25(16-37(27)29(41)42-30(3,4)5)38-17-26(35-36-38)20-10-22(31)12-23(32)11-20/h6-12,15,17,25,27H,13-14,16H2,1-5H3,(H,34,40)/t25?,27-/m0/s1. The first-order valence-corrected chi connectivity index (χ1v) is 14.4. The minimum absolute atomic E-state index is 0.238. The van der Waals surface area contributed by atoms with Crippen molar-refractivity contribution in [1.82, 2.24) is 34.8 Å². The number of halogens is 2. The predicted molar refractivity (Wildman–Crippen MR) is 161 cm³/mol. The molecule has 0 radical (unpaired) electrons. The van der Waals surface area contributed by atoms with Crippen molar-refractivity contribution in [3.05, 3.63) is 82.0 Å². The number of nitrogens with one attached hydrogen (secondary N) is 1. The molecule has 0 spiro atoms. The third kappa shape index (κ3) is 6.44. The van der Waals surface area contributed by atoms with Gasteiger partial charge in [-0.15, -0.1) is 5.10 Å². The molecule has 2 atom stereocenters. The smallest absolute Gasteiger partial charge is 0.411 e. The number of rotatable bonds is 6. The van der Waals surface area contributed by atoms with E-state index in [1.165, 1.54) is 4.90 Å². The molecule has 3 aromatic heterocycles. The Morgan fingerprint density at radius 2 is 1.86 bits per heavy atom. The van der Waals surface area contributed by atoms with Gasteiger partial charge in [-0.1, -0.05) is 28.4 Å². The van der Waals surface area contributed by atoms with Crippen molar-refractivity contribution in [3.63, 3.8) is 0 Å². The van der Waals surface area contributed by atoms with E-state index in [0.717, 1.165) is 28.2 Å². The molecule has 4 heterocycles. The number of aryl methyl sites for hydroxylation is 1. The summed E-state index contributed by atoms with van der Waals surface area (Å²) in [5, 5.41) is 12.6. The van der Waals surface area contributed by atoms with Gasteiger partial charge in [-0.3, -0.25) is 14.7 Å². The number of nitrogens with zero attached hydrogens (tertiary/aromatic N) is 6. The molecule has 220 valence electrons. The van der Waals surface area contributed by atoms with Crippen LogP contribution in [0.1, 0.15) is 50.2 Å². The van der Waals surface area contributed by atoms with Crippen molar-refractivity contribution in [2.24, 2.45) is 0 Å². The van der Waals surface area contributed by atoms with Gasteiger partial charge in [0.2, 0.25) is 5.91 Å². The molecule has 1 saturated heterocycles. The fourth-order valence-electron chi connectivity index (χ4n) is 5.26. The second kappa shape index (κ2) is 11.8. The molecule has 0 aliphatic carbocycles. The lowest BCUT2D eigenvalue weighted by atomic mass is 10.1. The summed E-state index contributed by atoms with van der Waals surface area (Å²) in [6.07, 6.45) is 5.10. The average molecular weight is 611 g/mol. The quantitative estimate of drug-likeness (QED) is 0.291. The van der Waals surface area contributed by atoms with Crippen LogP contribution in [-0.2, 0) is 16.1 Å². The highest BCUT2D eigenvalue weighted by Crippen LogP contribution is 2.31. The van der Waals surface area contributed by atoms with E-state index in [9.17, 15) is 9.59 Å². The van der Waals surface area contributed by atoms with Gasteiger partial charge in [-0.2, -0.15) is 0 Å². The molecule has 5 rings (SSSR count). The van der Waals surface area contributed by atoms with Gasteiger partial charge in [-0.05, 0) is 76.6 Å². The molecule has 0 bridgehead atoms. The van der Waals surface area contributed by atoms with Crippen LogP contribution in [0.4, 0.5) is 4.79 Å². The molecular formula is C30H33Cl2N7O3. The van der Waals surface area contributed by atoms with Gasteiger partial charge in [0.1, 0.15) is 17.3 Å². The molecule has 42 heavy (non-hydrogen) atoms. The summed E-state index contributed by atoms with van der Waals surface area (Å²) < 4.78 is 9.44. The normalized spacial score (nSPS) is 17.0. The van der Waals surface area contributed by atoms with Crippen LogP contribution in [-0.4, -0.2) is 59.6 Å². The maximum atomic E-state index is 13.6. The van der Waals surface area contributed by atoms with E-state index in [0.29, 0.717) is 28.7 Å². The van der Waals surface area contributed by atoms with Gasteiger partial charge in [0.25, 0.3) is 0 Å². The van der Waals surface area contributed by atoms with Crippen LogP contribution in [0.2, 0.25) is 10.0 Å². The second-order valence-corrected chi connectivity index (χ2v) is 12.3. The van der Waals surface area contributed by atoms with Crippen LogP contribution < -0.4 is 5.32 Å². The summed E-state index contributed by atoms with van der Waals surface area (Å²) in [6, 6.07) is 10.0. The van der Waals surface area contributed by atoms with Crippen molar-refractivity contribution in [3.8, 4) is 16.9 Å². The summed E-state index contributed by atoms with van der Waals surface area (Å²) in [6.45, 7) is 9.96. The lowest BCUT2D eigenvalue weighted by molar-refractivity contribution is -0.125. The van der Waals surface area contributed by atoms with Crippen LogP contribution in [0, 0.1) is 13.8 Å². The van der Waals surface area contributed by atoms with Gasteiger partial charge in [0.15, 0.2) is 0 Å². The third-order valence-corrected chi connectivity index (χ3v) is 7.58. The molecule has 4 aromatic rings. The maximum Gasteiger partial charge on any atom is 0.411 e. The summed E-state index contributed by atoms with van der Waals surface area (Å²) in [5.41, 5.74) is 4.55. The summed E-state index contributed by atoms with van der Waals surface area (Å²) in [4.78, 5) is 32.5. The first-order valence-electron chi connectivity index (χ1n) is 13.6. The Morgan fingerprint density at radius 1 is 1.12 bits per heavy atom. The van der Waals surface area contributed by atoms with E-state index in [1.54, 1.807) is 62.2 Å². The van der Waals surface area contributed by atoms with Gasteiger partial charge in [0, 0.05) is 52.7 Å². The maximum absolute atomic E-state index is 13.6. The Bertz CT molecular complexity index is 1590. The molecule has 1 unspecified atom stereocenters. The van der Waals surface area contributed by atoms with E-state index in [1.807, 2.05) is 32.0 Å². The molecule has 2 amide bonds. The number of carbonyl (C=O) groups excluding carboxylic acids is 2. The predicted octanol–water partition coefficient (Wildman–Crippen LogP) is 5.92. The average Bonchev–Trinajstić information content (AvgIpc) is 3.64. The van der Waals surface area contributed by atoms with E-state index in [2.05, 4.69) is 25.2 Å². The zero-order chi connectivity index (χ0) is 30.2. The number of ether oxygens (including phenoxy) is 1. The van der Waals surface area contributed by atoms with Crippen molar-refractivity contribution >= 4 is 35.2 Å². The zero-order valence-electron chi connectivity index (χ0n) is 24.1. The SMILES string of the molecule is Cc1cc(CNC(=O)[C@@H]2CC(n3cc(-c4cc(Cl)cc(Cl)c4)nn3)CN2C(=O)OC(C)(C)C)c(C)n1-c1cccnc1. The van der Waals surface area contributed by atoms with E-state index >= 15 is 0 Å². The van der Waals surface area contributed by atoms with Crippen LogP contribution >= 0.6 is 23.2 Å². The van der Waals surface area contributed by atoms with E-state index in [4.69, 9.17) is 27.9 Å². The van der Waals surface area contributed by atoms with Crippen molar-refractivity contribution < 1.29 is 14.3 Å². The molecule has 12 heteroatoms. The Morgan fingerprint density at radius 3 is 2.52 bits per heavy atom. The van der Waals surface area contributed by atoms with Gasteiger partial charge >= 0.3 is 6.09 Å². The number of amides is 2. The number of hydrogen-bond acceptors (Lipinski definition) is 6. The van der Waals surface area contributed by atoms with Crippen molar-refractivity contribution in [1.29, 1.82) is 0 Å². The number of hydrogen-bond donors (Lipinski definition) is 1. The number of benzene rings is 1. The Kier molecular flexibility index (Phi) is 8.30. The summed E-state index contributed by atoms with van der Waals surface area (Å²) >= 11 is 12.3. The van der Waals surface area contributed by atoms with Crippen molar-refractivity contribution in [2.75, 3.05) is 6.54 Å². The highest BCUT2D eigenvalue weighted by molar-refractivity contribution is 6.35. The third-order valence-electron chi connectivity index (χ3n) is 7.15. The summed E-state index contributed by atoms with van der Waals surface area (Å²) in [5.74, 6) is -0.267. The van der Waals surface area contributed by atoms with Crippen LogP contribution in [0.25, 0.3) is 16.9 Å². The lowest BCUT2D eigenvalue weighted by Gasteiger charge is -2.28. The molecule has 1 aliphatic rings. The van der Waals surface area contributed by atoms with Crippen LogP contribution in [0.5, 0.6) is 0 Å². The highest BCUT2D eigenvalue weighted by atomic mass is 35.5. The van der Waals surface area contributed by atoms with Gasteiger partial charge < -0.3 is 14.6 Å². The molecule has 10 nitrogen and oxygen atoms in total. The number of aromatic nitrogens is 5. The Hall–Kier alpha value is -3.89. The fraction of sp³-hybridized carbons (Fsp3) is 0.367. The molecule has 1 aliphatic heterocycles. The second-order valence-electron chi connectivity index (χ2n) is 11.4. The molecule has 0 saturated carbocycles. The first kappa shape index (κ1) is 29.6. The zero-order valence-corrected chi connectivity index (χ0v) is 25.6.